The van der Waals surface area contributed by atoms with Gasteiger partial charge in [0.05, 0.1) is 35.5 Å². The Labute approximate surface area is 189 Å². The lowest BCUT2D eigenvalue weighted by atomic mass is 9.99. The van der Waals surface area contributed by atoms with Gasteiger partial charge in [-0.25, -0.2) is 9.37 Å². The summed E-state index contributed by atoms with van der Waals surface area (Å²) < 4.78 is 14.5. The molecule has 1 aliphatic rings. The number of aromatic nitrogens is 3. The Morgan fingerprint density at radius 3 is 2.84 bits per heavy atom. The first-order chi connectivity index (χ1) is 15.6. The van der Waals surface area contributed by atoms with Gasteiger partial charge in [-0.1, -0.05) is 17.7 Å². The number of aromatic amines is 1. The lowest BCUT2D eigenvalue weighted by Gasteiger charge is -2.16. The number of aliphatic imine (C=N–C) groups is 1. The monoisotopic (exact) mass is 446 g/mol. The highest BCUT2D eigenvalue weighted by atomic mass is 35.5. The van der Waals surface area contributed by atoms with Crippen LogP contribution in [0.5, 0.6) is 0 Å². The van der Waals surface area contributed by atoms with Crippen molar-refractivity contribution in [3.63, 3.8) is 0 Å². The van der Waals surface area contributed by atoms with E-state index < -0.39 is 0 Å². The third-order valence-corrected chi connectivity index (χ3v) is 5.70. The molecule has 1 aliphatic heterocycles. The Morgan fingerprint density at radius 1 is 1.12 bits per heavy atom. The molecule has 0 amide bonds. The van der Waals surface area contributed by atoms with Crippen molar-refractivity contribution in [1.29, 1.82) is 0 Å². The number of imidazole rings is 1. The molecule has 0 unspecified atom stereocenters. The lowest BCUT2D eigenvalue weighted by Crippen LogP contribution is -2.31. The topological polar surface area (TPSA) is 92.0 Å². The van der Waals surface area contributed by atoms with E-state index in [-0.39, 0.29) is 5.82 Å². The maximum absolute atomic E-state index is 14.5. The number of nitrogens with zero attached hydrogens (tertiary/aromatic N) is 3. The first-order valence-corrected chi connectivity index (χ1v) is 10.6. The van der Waals surface area contributed by atoms with Crippen LogP contribution in [-0.2, 0) is 0 Å². The fourth-order valence-corrected chi connectivity index (χ4v) is 4.08. The quantitative estimate of drug-likeness (QED) is 0.432. The summed E-state index contributed by atoms with van der Waals surface area (Å²) in [7, 11) is 0. The highest BCUT2D eigenvalue weighted by Gasteiger charge is 2.17. The Balaban J connectivity index is 1.58. The zero-order chi connectivity index (χ0) is 22.1. The second-order valence-electron chi connectivity index (χ2n) is 7.47. The van der Waals surface area contributed by atoms with E-state index in [0.29, 0.717) is 28.5 Å². The molecule has 0 saturated heterocycles. The molecular formula is C24H20ClFN6. The van der Waals surface area contributed by atoms with Crippen LogP contribution >= 0.6 is 11.6 Å². The van der Waals surface area contributed by atoms with Crippen molar-refractivity contribution in [2.45, 2.75) is 0 Å². The number of nitrogens with one attached hydrogen (secondary N) is 2. The summed E-state index contributed by atoms with van der Waals surface area (Å²) >= 11 is 6.10. The van der Waals surface area contributed by atoms with Gasteiger partial charge in [0.1, 0.15) is 5.82 Å². The number of hydrogen-bond donors (Lipinski definition) is 3. The highest BCUT2D eigenvalue weighted by molar-refractivity contribution is 6.30. The second-order valence-corrected chi connectivity index (χ2v) is 7.90. The summed E-state index contributed by atoms with van der Waals surface area (Å²) in [6.07, 6.45) is 4.93. The van der Waals surface area contributed by atoms with E-state index in [1.54, 1.807) is 24.8 Å². The smallest absolute Gasteiger partial charge is 0.132 e. The molecule has 6 nitrogen and oxygen atoms in total. The maximum atomic E-state index is 14.5. The third kappa shape index (κ3) is 3.77. The molecular weight excluding hydrogens is 427 g/mol. The number of benzene rings is 2. The maximum Gasteiger partial charge on any atom is 0.132 e. The molecule has 0 atom stereocenters. The van der Waals surface area contributed by atoms with E-state index in [4.69, 9.17) is 17.3 Å². The van der Waals surface area contributed by atoms with Gasteiger partial charge in [-0.15, -0.1) is 0 Å². The normalized spacial score (nSPS) is 14.6. The van der Waals surface area contributed by atoms with Crippen LogP contribution in [0.2, 0.25) is 5.02 Å². The predicted molar refractivity (Wildman–Crippen MR) is 127 cm³/mol. The van der Waals surface area contributed by atoms with Gasteiger partial charge in [0.15, 0.2) is 0 Å². The Bertz CT molecular complexity index is 1370. The molecule has 0 bridgehead atoms. The van der Waals surface area contributed by atoms with Crippen LogP contribution < -0.4 is 11.1 Å². The number of halogens is 2. The number of nitrogens with two attached hydrogens (primary N) is 1. The van der Waals surface area contributed by atoms with Crippen molar-refractivity contribution in [3.05, 3.63) is 77.6 Å². The Kier molecular flexibility index (Phi) is 5.43. The molecule has 0 radical (unpaired) electrons. The average Bonchev–Trinajstić information content (AvgIpc) is 3.31. The van der Waals surface area contributed by atoms with Gasteiger partial charge in [0, 0.05) is 58.2 Å². The standard InChI is InChI=1S/C24H20ClFN6/c25-17-2-3-20(26)18(9-17)24-23(31-13-32-24)14-1-4-21-15(7-14)8-16(11-30-21)19(10-27)22-12-28-5-6-29-22/h1-4,7-11,13,28H,5-6,12,27H2,(H,31,32). The van der Waals surface area contributed by atoms with Crippen LogP contribution in [0, 0.1) is 5.82 Å². The molecule has 0 fully saturated rings. The van der Waals surface area contributed by atoms with Crippen LogP contribution in [-0.4, -0.2) is 40.3 Å². The number of rotatable bonds is 4. The lowest BCUT2D eigenvalue weighted by molar-refractivity contribution is 0.631. The molecule has 4 N–H and O–H groups in total. The summed E-state index contributed by atoms with van der Waals surface area (Å²) in [5, 5.41) is 4.69. The predicted octanol–water partition coefficient (Wildman–Crippen LogP) is 4.43. The van der Waals surface area contributed by atoms with E-state index in [2.05, 4.69) is 25.3 Å². The molecule has 0 spiro atoms. The molecule has 160 valence electrons. The van der Waals surface area contributed by atoms with Gasteiger partial charge in [-0.05, 0) is 36.4 Å². The summed E-state index contributed by atoms with van der Waals surface area (Å²) in [4.78, 5) is 16.7. The van der Waals surface area contributed by atoms with Crippen LogP contribution in [0.4, 0.5) is 4.39 Å². The molecule has 0 saturated carbocycles. The molecule has 2 aromatic carbocycles. The van der Waals surface area contributed by atoms with E-state index in [1.807, 2.05) is 24.3 Å². The Hall–Kier alpha value is -3.55. The van der Waals surface area contributed by atoms with E-state index in [0.717, 1.165) is 46.4 Å². The van der Waals surface area contributed by atoms with Gasteiger partial charge in [-0.3, -0.25) is 9.98 Å². The molecule has 3 heterocycles. The first-order valence-electron chi connectivity index (χ1n) is 10.2. The van der Waals surface area contributed by atoms with E-state index in [1.165, 1.54) is 12.1 Å². The number of H-pyrrole nitrogens is 1. The molecule has 0 aliphatic carbocycles. The third-order valence-electron chi connectivity index (χ3n) is 5.46. The first kappa shape index (κ1) is 20.4. The minimum absolute atomic E-state index is 0.369. The fourth-order valence-electron chi connectivity index (χ4n) is 3.91. The molecule has 8 heteroatoms. The van der Waals surface area contributed by atoms with Crippen molar-refractivity contribution in [2.75, 3.05) is 19.6 Å². The van der Waals surface area contributed by atoms with E-state index in [9.17, 15) is 4.39 Å². The van der Waals surface area contributed by atoms with Gasteiger partial charge >= 0.3 is 0 Å². The highest BCUT2D eigenvalue weighted by Crippen LogP contribution is 2.33. The molecule has 5 rings (SSSR count). The zero-order valence-electron chi connectivity index (χ0n) is 17.1. The number of fused-ring (bicyclic) bond motifs is 1. The summed E-state index contributed by atoms with van der Waals surface area (Å²) in [5.74, 6) is -0.371. The Morgan fingerprint density at radius 2 is 2.03 bits per heavy atom. The SMILES string of the molecule is NC=C(C1=NCCNC1)c1cnc2ccc(-c3nc[nH]c3-c3cc(Cl)ccc3F)cc2c1. The van der Waals surface area contributed by atoms with Crippen LogP contribution in [0.1, 0.15) is 5.56 Å². The molecule has 32 heavy (non-hydrogen) atoms. The largest absolute Gasteiger partial charge is 0.404 e. The fraction of sp³-hybridized carbons (Fsp3) is 0.125. The van der Waals surface area contributed by atoms with Gasteiger partial charge < -0.3 is 16.0 Å². The van der Waals surface area contributed by atoms with E-state index >= 15 is 0 Å². The van der Waals surface area contributed by atoms with Crippen LogP contribution in [0.15, 0.2) is 66.2 Å². The summed E-state index contributed by atoms with van der Waals surface area (Å²) in [6.45, 7) is 2.25. The van der Waals surface area contributed by atoms with Crippen molar-refractivity contribution in [3.8, 4) is 22.5 Å². The van der Waals surface area contributed by atoms with Gasteiger partial charge in [-0.2, -0.15) is 0 Å². The van der Waals surface area contributed by atoms with Crippen LogP contribution in [0.3, 0.4) is 0 Å². The van der Waals surface area contributed by atoms with Crippen LogP contribution in [0.25, 0.3) is 39.0 Å². The minimum Gasteiger partial charge on any atom is -0.404 e. The number of pyridine rings is 1. The van der Waals surface area contributed by atoms with Gasteiger partial charge in [0.25, 0.3) is 0 Å². The minimum atomic E-state index is -0.371. The second kappa shape index (κ2) is 8.53. The molecule has 4 aromatic rings. The van der Waals surface area contributed by atoms with Gasteiger partial charge in [0.2, 0.25) is 0 Å². The molecule has 2 aromatic heterocycles. The summed E-state index contributed by atoms with van der Waals surface area (Å²) in [5.41, 5.74) is 11.9. The zero-order valence-corrected chi connectivity index (χ0v) is 17.8. The average molecular weight is 447 g/mol. The van der Waals surface area contributed by atoms with Crippen molar-refractivity contribution >= 4 is 33.8 Å². The van der Waals surface area contributed by atoms with Crippen molar-refractivity contribution < 1.29 is 4.39 Å². The summed E-state index contributed by atoms with van der Waals surface area (Å²) in [6, 6.07) is 12.3. The number of hydrogen-bond acceptors (Lipinski definition) is 5. The van der Waals surface area contributed by atoms with Crippen molar-refractivity contribution in [2.24, 2.45) is 10.7 Å². The van der Waals surface area contributed by atoms with Crippen molar-refractivity contribution in [1.82, 2.24) is 20.3 Å².